The van der Waals surface area contributed by atoms with Crippen molar-refractivity contribution >= 4 is 11.7 Å². The van der Waals surface area contributed by atoms with Crippen molar-refractivity contribution in [3.8, 4) is 0 Å². The minimum atomic E-state index is -0.800. The maximum absolute atomic E-state index is 10.9. The van der Waals surface area contributed by atoms with Gasteiger partial charge in [0.15, 0.2) is 0 Å². The van der Waals surface area contributed by atoms with Crippen molar-refractivity contribution in [2.24, 2.45) is 0 Å². The fourth-order valence-corrected chi connectivity index (χ4v) is 2.34. The smallest absolute Gasteiger partial charge is 0.307 e. The van der Waals surface area contributed by atoms with Crippen molar-refractivity contribution in [2.75, 3.05) is 5.32 Å². The van der Waals surface area contributed by atoms with Crippen LogP contribution in [0.25, 0.3) is 0 Å². The largest absolute Gasteiger partial charge is 0.481 e. The van der Waals surface area contributed by atoms with E-state index in [0.29, 0.717) is 6.54 Å². The lowest BCUT2D eigenvalue weighted by molar-refractivity contribution is -0.136. The van der Waals surface area contributed by atoms with Crippen LogP contribution < -0.4 is 5.32 Å². The van der Waals surface area contributed by atoms with Crippen LogP contribution in [0.3, 0.4) is 0 Å². The summed E-state index contributed by atoms with van der Waals surface area (Å²) < 4.78 is 0. The molecule has 2 aromatic rings. The van der Waals surface area contributed by atoms with Crippen molar-refractivity contribution in [2.45, 2.75) is 32.7 Å². The second-order valence-corrected chi connectivity index (χ2v) is 5.14. The molecule has 21 heavy (non-hydrogen) atoms. The van der Waals surface area contributed by atoms with Gasteiger partial charge >= 0.3 is 5.97 Å². The second-order valence-electron chi connectivity index (χ2n) is 5.14. The number of carboxylic acid groups (broad SMARTS) is 1. The minimum Gasteiger partial charge on any atom is -0.481 e. The number of anilines is 1. The Kier molecular flexibility index (Phi) is 5.38. The van der Waals surface area contributed by atoms with E-state index < -0.39 is 5.97 Å². The fraction of sp³-hybridized carbons (Fsp3) is 0.278. The second kappa shape index (κ2) is 7.48. The summed E-state index contributed by atoms with van der Waals surface area (Å²) in [6, 6.07) is 16.1. The van der Waals surface area contributed by atoms with Gasteiger partial charge in [-0.2, -0.15) is 0 Å². The highest BCUT2D eigenvalue weighted by molar-refractivity contribution is 5.70. The zero-order valence-electron chi connectivity index (χ0n) is 12.3. The van der Waals surface area contributed by atoms with Crippen molar-refractivity contribution in [3.05, 3.63) is 65.2 Å². The number of nitrogens with one attached hydrogen (secondary N) is 1. The first-order chi connectivity index (χ1) is 10.2. The Labute approximate surface area is 125 Å². The molecule has 0 fully saturated rings. The lowest BCUT2D eigenvalue weighted by Crippen LogP contribution is -2.07. The van der Waals surface area contributed by atoms with E-state index in [0.717, 1.165) is 29.7 Å². The van der Waals surface area contributed by atoms with Crippen LogP contribution >= 0.6 is 0 Å². The zero-order chi connectivity index (χ0) is 15.1. The molecular weight excluding hydrogens is 262 g/mol. The van der Waals surface area contributed by atoms with Gasteiger partial charge in [-0.1, -0.05) is 49.7 Å². The van der Waals surface area contributed by atoms with Crippen molar-refractivity contribution < 1.29 is 9.90 Å². The third-order valence-corrected chi connectivity index (χ3v) is 3.44. The van der Waals surface area contributed by atoms with E-state index in [-0.39, 0.29) is 6.42 Å². The highest BCUT2D eigenvalue weighted by Crippen LogP contribution is 2.15. The molecule has 0 spiro atoms. The number of aliphatic carboxylic acids is 1. The molecule has 3 nitrogen and oxygen atoms in total. The predicted molar refractivity (Wildman–Crippen MR) is 85.5 cm³/mol. The lowest BCUT2D eigenvalue weighted by atomic mass is 10.0. The number of aryl methyl sites for hydroxylation is 1. The highest BCUT2D eigenvalue weighted by atomic mass is 16.4. The maximum Gasteiger partial charge on any atom is 0.307 e. The molecule has 2 N–H and O–H groups in total. The summed E-state index contributed by atoms with van der Waals surface area (Å²) in [4.78, 5) is 10.9. The van der Waals surface area contributed by atoms with E-state index in [1.54, 1.807) is 0 Å². The Balaban J connectivity index is 2.00. The highest BCUT2D eigenvalue weighted by Gasteiger charge is 2.06. The van der Waals surface area contributed by atoms with E-state index in [1.165, 1.54) is 5.56 Å². The molecule has 0 aliphatic carbocycles. The topological polar surface area (TPSA) is 49.3 Å². The number of carbonyl (C=O) groups is 1. The molecule has 0 bridgehead atoms. The predicted octanol–water partition coefficient (Wildman–Crippen LogP) is 3.88. The molecular formula is C18H21NO2. The number of rotatable bonds is 7. The molecule has 0 aliphatic rings. The molecule has 0 aliphatic heterocycles. The molecule has 0 atom stereocenters. The molecule has 3 heteroatoms. The maximum atomic E-state index is 10.9. The van der Waals surface area contributed by atoms with Gasteiger partial charge in [0.2, 0.25) is 0 Å². The van der Waals surface area contributed by atoms with Crippen LogP contribution in [0.1, 0.15) is 30.0 Å². The van der Waals surface area contributed by atoms with Crippen molar-refractivity contribution in [1.29, 1.82) is 0 Å². The number of hydrogen-bond acceptors (Lipinski definition) is 2. The van der Waals surface area contributed by atoms with Gasteiger partial charge in [0, 0.05) is 12.2 Å². The van der Waals surface area contributed by atoms with E-state index in [9.17, 15) is 4.79 Å². The van der Waals surface area contributed by atoms with Gasteiger partial charge in [0.25, 0.3) is 0 Å². The normalized spacial score (nSPS) is 10.3. The van der Waals surface area contributed by atoms with Gasteiger partial charge in [-0.05, 0) is 35.2 Å². The van der Waals surface area contributed by atoms with Crippen LogP contribution in [0.5, 0.6) is 0 Å². The Morgan fingerprint density at radius 3 is 2.33 bits per heavy atom. The Hall–Kier alpha value is -2.29. The summed E-state index contributed by atoms with van der Waals surface area (Å²) in [5.74, 6) is -0.800. The zero-order valence-corrected chi connectivity index (χ0v) is 12.3. The molecule has 2 rings (SSSR count). The van der Waals surface area contributed by atoms with E-state index in [2.05, 4.69) is 36.5 Å². The van der Waals surface area contributed by atoms with E-state index in [4.69, 9.17) is 5.11 Å². The first-order valence-corrected chi connectivity index (χ1v) is 7.30. The number of hydrogen-bond donors (Lipinski definition) is 2. The Morgan fingerprint density at radius 2 is 1.71 bits per heavy atom. The minimum absolute atomic E-state index is 0.0628. The van der Waals surface area contributed by atoms with Crippen LogP contribution in [-0.4, -0.2) is 11.1 Å². The first kappa shape index (κ1) is 15.1. The van der Waals surface area contributed by atoms with Crippen LogP contribution in [0.2, 0.25) is 0 Å². The molecule has 0 saturated heterocycles. The van der Waals surface area contributed by atoms with Gasteiger partial charge in [0.05, 0.1) is 6.42 Å². The first-order valence-electron chi connectivity index (χ1n) is 7.30. The molecule has 0 unspecified atom stereocenters. The quantitative estimate of drug-likeness (QED) is 0.810. The van der Waals surface area contributed by atoms with Crippen molar-refractivity contribution in [1.82, 2.24) is 0 Å². The van der Waals surface area contributed by atoms with Crippen molar-refractivity contribution in [3.63, 3.8) is 0 Å². The lowest BCUT2D eigenvalue weighted by Gasteiger charge is -2.11. The summed E-state index contributed by atoms with van der Waals surface area (Å²) >= 11 is 0. The van der Waals surface area contributed by atoms with Gasteiger partial charge in [-0.25, -0.2) is 0 Å². The Bertz CT molecular complexity index is 590. The molecule has 0 heterocycles. The van der Waals surface area contributed by atoms with Crippen LogP contribution in [0.4, 0.5) is 5.69 Å². The van der Waals surface area contributed by atoms with E-state index >= 15 is 0 Å². The monoisotopic (exact) mass is 283 g/mol. The third-order valence-electron chi connectivity index (χ3n) is 3.44. The van der Waals surface area contributed by atoms with Gasteiger partial charge in [0.1, 0.15) is 0 Å². The summed E-state index contributed by atoms with van der Waals surface area (Å²) in [5.41, 5.74) is 4.28. The molecule has 0 amide bonds. The molecule has 0 radical (unpaired) electrons. The van der Waals surface area contributed by atoms with Gasteiger partial charge in [-0.3, -0.25) is 4.79 Å². The average Bonchev–Trinajstić information content (AvgIpc) is 2.48. The summed E-state index contributed by atoms with van der Waals surface area (Å²) in [7, 11) is 0. The summed E-state index contributed by atoms with van der Waals surface area (Å²) in [6.07, 6.45) is 2.31. The number of carboxylic acids is 1. The molecule has 0 aromatic heterocycles. The standard InChI is InChI=1S/C18H21NO2/c1-2-5-14-8-10-17(11-9-14)19-13-16-7-4-3-6-15(16)12-18(20)21/h3-4,6-11,19H,2,5,12-13H2,1H3,(H,20,21). The Morgan fingerprint density at radius 1 is 1.05 bits per heavy atom. The van der Waals surface area contributed by atoms with Gasteiger partial charge < -0.3 is 10.4 Å². The number of benzene rings is 2. The van der Waals surface area contributed by atoms with Crippen LogP contribution in [0.15, 0.2) is 48.5 Å². The van der Waals surface area contributed by atoms with Gasteiger partial charge in [-0.15, -0.1) is 0 Å². The van der Waals surface area contributed by atoms with Crippen LogP contribution in [0, 0.1) is 0 Å². The summed E-state index contributed by atoms with van der Waals surface area (Å²) in [5, 5.41) is 12.3. The third kappa shape index (κ3) is 4.63. The SMILES string of the molecule is CCCc1ccc(NCc2ccccc2CC(=O)O)cc1. The molecule has 2 aromatic carbocycles. The molecule has 0 saturated carbocycles. The molecule has 110 valence electrons. The average molecular weight is 283 g/mol. The summed E-state index contributed by atoms with van der Waals surface area (Å²) in [6.45, 7) is 2.81. The fourth-order valence-electron chi connectivity index (χ4n) is 2.34. The van der Waals surface area contributed by atoms with E-state index in [1.807, 2.05) is 24.3 Å². The van der Waals surface area contributed by atoms with Crippen LogP contribution in [-0.2, 0) is 24.2 Å².